The number of benzene rings is 2. The van der Waals surface area contributed by atoms with Crippen molar-refractivity contribution in [3.05, 3.63) is 71.4 Å². The van der Waals surface area contributed by atoms with E-state index in [4.69, 9.17) is 21.4 Å². The summed E-state index contributed by atoms with van der Waals surface area (Å²) in [7, 11) is 0. The molecule has 0 bridgehead atoms. The number of esters is 1. The molecule has 0 aliphatic rings. The Bertz CT molecular complexity index is 1300. The third kappa shape index (κ3) is 4.51. The third-order valence-electron chi connectivity index (χ3n) is 4.89. The van der Waals surface area contributed by atoms with Gasteiger partial charge in [0.05, 0.1) is 23.4 Å². The smallest absolute Gasteiger partial charge is 0.341 e. The van der Waals surface area contributed by atoms with Crippen LogP contribution in [0.1, 0.15) is 24.2 Å². The zero-order valence-electron chi connectivity index (χ0n) is 18.1. The molecule has 0 radical (unpaired) electrons. The van der Waals surface area contributed by atoms with E-state index in [0.717, 1.165) is 11.3 Å². The van der Waals surface area contributed by atoms with Crippen molar-refractivity contribution in [1.29, 1.82) is 0 Å². The fraction of sp³-hybridized carbons (Fsp3) is 0.167. The number of amides is 2. The van der Waals surface area contributed by atoms with Crippen LogP contribution in [0.15, 0.2) is 60.8 Å². The molecule has 0 unspecified atom stereocenters. The monoisotopic (exact) mass is 463 g/mol. The first kappa shape index (κ1) is 22.3. The second-order valence-corrected chi connectivity index (χ2v) is 7.49. The molecular formula is C24H22ClN5O3. The zero-order chi connectivity index (χ0) is 23.4. The van der Waals surface area contributed by atoms with E-state index in [9.17, 15) is 9.59 Å². The first-order chi connectivity index (χ1) is 16.0. The number of urea groups is 1. The topological polar surface area (TPSA) is 98.1 Å². The molecule has 0 saturated heterocycles. The lowest BCUT2D eigenvalue weighted by Gasteiger charge is -2.13. The number of nitrogens with one attached hydrogen (secondary N) is 2. The molecule has 8 nitrogen and oxygen atoms in total. The van der Waals surface area contributed by atoms with Crippen LogP contribution in [-0.4, -0.2) is 39.9 Å². The van der Waals surface area contributed by atoms with Crippen molar-refractivity contribution in [3.63, 3.8) is 0 Å². The Balaban J connectivity index is 2.04. The quantitative estimate of drug-likeness (QED) is 0.389. The van der Waals surface area contributed by atoms with Crippen molar-refractivity contribution >= 4 is 40.3 Å². The number of fused-ring (bicyclic) bond motifs is 1. The van der Waals surface area contributed by atoms with Crippen LogP contribution in [0.2, 0.25) is 5.02 Å². The Morgan fingerprint density at radius 3 is 2.45 bits per heavy atom. The minimum atomic E-state index is -0.590. The summed E-state index contributed by atoms with van der Waals surface area (Å²) in [6, 6.07) is 16.2. The molecule has 0 fully saturated rings. The highest BCUT2D eigenvalue weighted by Gasteiger charge is 2.25. The van der Waals surface area contributed by atoms with Crippen molar-refractivity contribution in [2.24, 2.45) is 0 Å². The summed E-state index contributed by atoms with van der Waals surface area (Å²) in [5.74, 6) is -0.590. The molecule has 2 heterocycles. The van der Waals surface area contributed by atoms with E-state index >= 15 is 0 Å². The Labute approximate surface area is 195 Å². The Hall–Kier alpha value is -3.91. The van der Waals surface area contributed by atoms with Crippen molar-refractivity contribution in [3.8, 4) is 16.9 Å². The lowest BCUT2D eigenvalue weighted by Crippen LogP contribution is -2.29. The number of aromatic nitrogens is 3. The minimum Gasteiger partial charge on any atom is -0.462 e. The van der Waals surface area contributed by atoms with Gasteiger partial charge in [-0.15, -0.1) is 0 Å². The molecule has 0 spiro atoms. The third-order valence-corrected chi connectivity index (χ3v) is 5.14. The molecule has 2 N–H and O–H groups in total. The number of nitrogens with zero attached hydrogens (tertiary/aromatic N) is 3. The predicted molar refractivity (Wildman–Crippen MR) is 128 cm³/mol. The van der Waals surface area contributed by atoms with E-state index in [0.29, 0.717) is 28.3 Å². The first-order valence-electron chi connectivity index (χ1n) is 10.5. The summed E-state index contributed by atoms with van der Waals surface area (Å²) >= 11 is 6.09. The van der Waals surface area contributed by atoms with Gasteiger partial charge in [0.2, 0.25) is 0 Å². The SMILES string of the molecule is CCNC(=O)Nc1c(C(=O)OCC)cnc2c1c(-c1ccc(Cl)cc1)nn2-c1ccccc1. The van der Waals surface area contributed by atoms with Gasteiger partial charge in [0.25, 0.3) is 0 Å². The Kier molecular flexibility index (Phi) is 6.55. The summed E-state index contributed by atoms with van der Waals surface area (Å²) in [5.41, 5.74) is 2.96. The molecule has 9 heteroatoms. The number of carbonyl (C=O) groups excluding carboxylic acids is 2. The summed E-state index contributed by atoms with van der Waals surface area (Å²) < 4.78 is 6.89. The molecular weight excluding hydrogens is 442 g/mol. The van der Waals surface area contributed by atoms with Crippen LogP contribution in [-0.2, 0) is 4.74 Å². The molecule has 0 aliphatic heterocycles. The van der Waals surface area contributed by atoms with E-state index in [1.165, 1.54) is 6.20 Å². The van der Waals surface area contributed by atoms with Gasteiger partial charge in [0, 0.05) is 23.3 Å². The average molecular weight is 464 g/mol. The number of carbonyl (C=O) groups is 2. The van der Waals surface area contributed by atoms with Gasteiger partial charge in [-0.05, 0) is 38.1 Å². The molecule has 0 aliphatic carbocycles. The van der Waals surface area contributed by atoms with Crippen molar-refractivity contribution in [1.82, 2.24) is 20.1 Å². The van der Waals surface area contributed by atoms with Gasteiger partial charge < -0.3 is 15.4 Å². The largest absolute Gasteiger partial charge is 0.462 e. The maximum atomic E-state index is 12.7. The number of para-hydroxylation sites is 1. The van der Waals surface area contributed by atoms with Crippen LogP contribution in [0, 0.1) is 0 Å². The van der Waals surface area contributed by atoms with Crippen molar-refractivity contribution in [2.75, 3.05) is 18.5 Å². The van der Waals surface area contributed by atoms with E-state index in [-0.39, 0.29) is 17.9 Å². The first-order valence-corrected chi connectivity index (χ1v) is 10.9. The molecule has 168 valence electrons. The summed E-state index contributed by atoms with van der Waals surface area (Å²) in [5, 5.41) is 11.4. The highest BCUT2D eigenvalue weighted by molar-refractivity contribution is 6.30. The molecule has 2 amide bonds. The van der Waals surface area contributed by atoms with Crippen LogP contribution in [0.25, 0.3) is 28.0 Å². The lowest BCUT2D eigenvalue weighted by molar-refractivity contribution is 0.0527. The molecule has 2 aromatic heterocycles. The number of halogens is 1. The second-order valence-electron chi connectivity index (χ2n) is 7.05. The van der Waals surface area contributed by atoms with Gasteiger partial charge in [0.1, 0.15) is 11.3 Å². The molecule has 33 heavy (non-hydrogen) atoms. The normalized spacial score (nSPS) is 10.8. The fourth-order valence-corrected chi connectivity index (χ4v) is 3.58. The van der Waals surface area contributed by atoms with E-state index < -0.39 is 12.0 Å². The number of pyridine rings is 1. The van der Waals surface area contributed by atoms with E-state index in [2.05, 4.69) is 15.6 Å². The standard InChI is InChI=1S/C24H22ClN5O3/c1-3-26-24(32)28-21-18(23(31)33-4-2)14-27-22-19(21)20(15-10-12-16(25)13-11-15)29-30(22)17-8-6-5-7-9-17/h5-14H,3-4H2,1-2H3,(H2,26,27,28,32). The number of hydrogen-bond acceptors (Lipinski definition) is 5. The van der Waals surface area contributed by atoms with Crippen LogP contribution in [0.3, 0.4) is 0 Å². The van der Waals surface area contributed by atoms with Crippen LogP contribution in [0.5, 0.6) is 0 Å². The van der Waals surface area contributed by atoms with Gasteiger partial charge in [-0.25, -0.2) is 19.3 Å². The van der Waals surface area contributed by atoms with E-state index in [1.807, 2.05) is 42.5 Å². The summed E-state index contributed by atoms with van der Waals surface area (Å²) in [6.07, 6.45) is 1.40. The second kappa shape index (κ2) is 9.70. The van der Waals surface area contributed by atoms with Gasteiger partial charge in [-0.1, -0.05) is 41.9 Å². The van der Waals surface area contributed by atoms with Gasteiger partial charge in [0.15, 0.2) is 5.65 Å². The average Bonchev–Trinajstić information content (AvgIpc) is 3.21. The fourth-order valence-electron chi connectivity index (χ4n) is 3.45. The predicted octanol–water partition coefficient (Wildman–Crippen LogP) is 5.06. The lowest BCUT2D eigenvalue weighted by atomic mass is 10.1. The number of ether oxygens (including phenoxy) is 1. The van der Waals surface area contributed by atoms with Gasteiger partial charge in [-0.2, -0.15) is 5.10 Å². The van der Waals surface area contributed by atoms with Gasteiger partial charge in [-0.3, -0.25) is 0 Å². The van der Waals surface area contributed by atoms with E-state index in [1.54, 1.807) is 30.7 Å². The minimum absolute atomic E-state index is 0.137. The van der Waals surface area contributed by atoms with Crippen molar-refractivity contribution in [2.45, 2.75) is 13.8 Å². The number of anilines is 1. The van der Waals surface area contributed by atoms with Crippen LogP contribution >= 0.6 is 11.6 Å². The Morgan fingerprint density at radius 2 is 1.79 bits per heavy atom. The van der Waals surface area contributed by atoms with Crippen LogP contribution in [0.4, 0.5) is 10.5 Å². The molecule has 4 aromatic rings. The number of hydrogen-bond donors (Lipinski definition) is 2. The zero-order valence-corrected chi connectivity index (χ0v) is 18.9. The Morgan fingerprint density at radius 1 is 1.06 bits per heavy atom. The highest BCUT2D eigenvalue weighted by Crippen LogP contribution is 2.36. The molecule has 0 atom stereocenters. The van der Waals surface area contributed by atoms with Crippen LogP contribution < -0.4 is 10.6 Å². The highest BCUT2D eigenvalue weighted by atomic mass is 35.5. The van der Waals surface area contributed by atoms with Crippen molar-refractivity contribution < 1.29 is 14.3 Å². The number of rotatable bonds is 6. The maximum absolute atomic E-state index is 12.7. The summed E-state index contributed by atoms with van der Waals surface area (Å²) in [4.78, 5) is 29.8. The summed E-state index contributed by atoms with van der Waals surface area (Å²) in [6.45, 7) is 4.13. The molecule has 0 saturated carbocycles. The molecule has 2 aromatic carbocycles. The molecule has 4 rings (SSSR count). The maximum Gasteiger partial charge on any atom is 0.341 e. The van der Waals surface area contributed by atoms with Gasteiger partial charge >= 0.3 is 12.0 Å².